The predicted octanol–water partition coefficient (Wildman–Crippen LogP) is 2.49. The van der Waals surface area contributed by atoms with Gasteiger partial charge in [-0.2, -0.15) is 0 Å². The molecule has 3 heterocycles. The van der Waals surface area contributed by atoms with E-state index in [1.165, 1.54) is 0 Å². The smallest absolute Gasteiger partial charge is 0.262 e. The first-order chi connectivity index (χ1) is 10.1. The third kappa shape index (κ3) is 1.63. The van der Waals surface area contributed by atoms with Gasteiger partial charge in [0.25, 0.3) is 5.91 Å². The molecule has 0 aliphatic carbocycles. The van der Waals surface area contributed by atoms with E-state index in [2.05, 4.69) is 11.9 Å². The summed E-state index contributed by atoms with van der Waals surface area (Å²) in [6.45, 7) is 4.17. The van der Waals surface area contributed by atoms with Crippen molar-refractivity contribution in [3.05, 3.63) is 33.1 Å². The first-order valence-electron chi connectivity index (χ1n) is 6.02. The number of fused-ring (bicyclic) bond motifs is 4. The van der Waals surface area contributed by atoms with Gasteiger partial charge in [0.2, 0.25) is 6.79 Å². The van der Waals surface area contributed by atoms with Crippen molar-refractivity contribution in [3.63, 3.8) is 0 Å². The van der Waals surface area contributed by atoms with E-state index in [9.17, 15) is 4.79 Å². The Morgan fingerprint density at radius 1 is 1.43 bits per heavy atom. The second-order valence-electron chi connectivity index (χ2n) is 4.57. The van der Waals surface area contributed by atoms with E-state index in [-0.39, 0.29) is 6.79 Å². The topological polar surface area (TPSA) is 78.5 Å². The fourth-order valence-electron chi connectivity index (χ4n) is 2.44. The van der Waals surface area contributed by atoms with Crippen molar-refractivity contribution in [1.29, 1.82) is 0 Å². The molecule has 0 fully saturated rings. The fraction of sp³-hybridized carbons (Fsp3) is 0.0769. The van der Waals surface area contributed by atoms with Gasteiger partial charge >= 0.3 is 0 Å². The summed E-state index contributed by atoms with van der Waals surface area (Å²) in [4.78, 5) is 11.9. The van der Waals surface area contributed by atoms with Gasteiger partial charge in [-0.25, -0.2) is 0 Å². The Kier molecular flexibility index (Phi) is 2.42. The Morgan fingerprint density at radius 2 is 2.14 bits per heavy atom. The SMILES string of the molecule is C=C1Nc2c(C(N)=O)sc(=S)n2-c2cc3c(cc21)OCO3. The number of thiazole rings is 1. The number of hydrogen-bond acceptors (Lipinski definition) is 6. The number of hydrogen-bond donors (Lipinski definition) is 2. The summed E-state index contributed by atoms with van der Waals surface area (Å²) < 4.78 is 13.1. The lowest BCUT2D eigenvalue weighted by Gasteiger charge is -2.23. The van der Waals surface area contributed by atoms with E-state index in [1.54, 1.807) is 4.57 Å². The number of nitrogens with one attached hydrogen (secondary N) is 1. The Bertz CT molecular complexity index is 882. The molecule has 21 heavy (non-hydrogen) atoms. The van der Waals surface area contributed by atoms with Crippen LogP contribution in [-0.2, 0) is 0 Å². The predicted molar refractivity (Wildman–Crippen MR) is 81.8 cm³/mol. The molecular weight excluding hydrogens is 310 g/mol. The minimum Gasteiger partial charge on any atom is -0.454 e. The van der Waals surface area contributed by atoms with Crippen LogP contribution >= 0.6 is 23.6 Å². The molecule has 0 radical (unpaired) electrons. The second-order valence-corrected chi connectivity index (χ2v) is 6.22. The minimum atomic E-state index is -0.524. The normalized spacial score (nSPS) is 14.4. The maximum Gasteiger partial charge on any atom is 0.262 e. The van der Waals surface area contributed by atoms with Crippen molar-refractivity contribution >= 4 is 41.0 Å². The first-order valence-corrected chi connectivity index (χ1v) is 7.24. The number of ether oxygens (including phenoxy) is 2. The molecule has 3 N–H and O–H groups in total. The van der Waals surface area contributed by atoms with E-state index in [4.69, 9.17) is 27.4 Å². The minimum absolute atomic E-state index is 0.187. The lowest BCUT2D eigenvalue weighted by atomic mass is 10.1. The number of nitrogens with two attached hydrogens (primary N) is 1. The molecule has 0 saturated carbocycles. The molecule has 2 aliphatic rings. The van der Waals surface area contributed by atoms with Gasteiger partial charge in [0.1, 0.15) is 10.7 Å². The molecule has 8 heteroatoms. The molecule has 4 rings (SSSR count). The number of rotatable bonds is 1. The van der Waals surface area contributed by atoms with Crippen LogP contribution in [0.2, 0.25) is 0 Å². The quantitative estimate of drug-likeness (QED) is 0.790. The summed E-state index contributed by atoms with van der Waals surface area (Å²) in [5.74, 6) is 1.33. The first kappa shape index (κ1) is 12.4. The Morgan fingerprint density at radius 3 is 2.86 bits per heavy atom. The summed E-state index contributed by atoms with van der Waals surface area (Å²) in [7, 11) is 0. The number of primary amides is 1. The number of anilines is 1. The Balaban J connectivity index is 2.05. The lowest BCUT2D eigenvalue weighted by molar-refractivity contribution is 0.100. The molecule has 0 bridgehead atoms. The van der Waals surface area contributed by atoms with Crippen molar-refractivity contribution in [1.82, 2.24) is 4.57 Å². The number of amides is 1. The number of benzene rings is 1. The van der Waals surface area contributed by atoms with Crippen LogP contribution in [0.4, 0.5) is 5.82 Å². The van der Waals surface area contributed by atoms with Gasteiger partial charge in [-0.1, -0.05) is 17.9 Å². The van der Waals surface area contributed by atoms with Crippen molar-refractivity contribution in [2.24, 2.45) is 5.73 Å². The average molecular weight is 319 g/mol. The number of nitrogens with zero attached hydrogens (tertiary/aromatic N) is 1. The largest absolute Gasteiger partial charge is 0.454 e. The van der Waals surface area contributed by atoms with Crippen LogP contribution in [0.5, 0.6) is 11.5 Å². The molecule has 0 spiro atoms. The Labute approximate surface area is 128 Å². The van der Waals surface area contributed by atoms with Gasteiger partial charge in [-0.15, -0.1) is 0 Å². The van der Waals surface area contributed by atoms with Crippen LogP contribution in [0.3, 0.4) is 0 Å². The van der Waals surface area contributed by atoms with Gasteiger partial charge in [0, 0.05) is 17.3 Å². The monoisotopic (exact) mass is 319 g/mol. The zero-order chi connectivity index (χ0) is 14.7. The van der Waals surface area contributed by atoms with Gasteiger partial charge in [0.05, 0.1) is 5.69 Å². The molecule has 106 valence electrons. The highest BCUT2D eigenvalue weighted by Crippen LogP contribution is 2.43. The third-order valence-electron chi connectivity index (χ3n) is 3.36. The number of carbonyl (C=O) groups is 1. The van der Waals surface area contributed by atoms with Crippen LogP contribution < -0.4 is 20.5 Å². The zero-order valence-electron chi connectivity index (χ0n) is 10.6. The van der Waals surface area contributed by atoms with E-state index in [1.807, 2.05) is 12.1 Å². The highest BCUT2D eigenvalue weighted by molar-refractivity contribution is 7.73. The molecule has 6 nitrogen and oxygen atoms in total. The van der Waals surface area contributed by atoms with Crippen molar-refractivity contribution in [3.8, 4) is 17.2 Å². The molecule has 2 aliphatic heterocycles. The number of carbonyl (C=O) groups excluding carboxylic acids is 1. The molecule has 0 atom stereocenters. The summed E-state index contributed by atoms with van der Waals surface area (Å²) >= 11 is 6.52. The van der Waals surface area contributed by atoms with Gasteiger partial charge in [-0.3, -0.25) is 9.36 Å². The molecule has 1 amide bonds. The molecule has 1 aromatic heterocycles. The van der Waals surface area contributed by atoms with E-state index in [0.29, 0.717) is 31.8 Å². The van der Waals surface area contributed by atoms with Crippen LogP contribution in [-0.4, -0.2) is 17.3 Å². The van der Waals surface area contributed by atoms with Crippen LogP contribution in [0.1, 0.15) is 15.2 Å². The van der Waals surface area contributed by atoms with Gasteiger partial charge in [0.15, 0.2) is 15.5 Å². The third-order valence-corrected chi connectivity index (χ3v) is 4.75. The average Bonchev–Trinajstić information content (AvgIpc) is 3.01. The van der Waals surface area contributed by atoms with Crippen LogP contribution in [0.25, 0.3) is 11.4 Å². The summed E-state index contributed by atoms with van der Waals surface area (Å²) in [5, 5.41) is 3.09. The molecule has 0 unspecified atom stereocenters. The summed E-state index contributed by atoms with van der Waals surface area (Å²) in [6.07, 6.45) is 0. The molecular formula is C13H9N3O3S2. The van der Waals surface area contributed by atoms with Crippen LogP contribution in [0.15, 0.2) is 18.7 Å². The summed E-state index contributed by atoms with van der Waals surface area (Å²) in [5.41, 5.74) is 7.70. The molecule has 0 saturated heterocycles. The zero-order valence-corrected chi connectivity index (χ0v) is 12.3. The van der Waals surface area contributed by atoms with Crippen LogP contribution in [0, 0.1) is 3.95 Å². The number of aromatic nitrogens is 1. The van der Waals surface area contributed by atoms with E-state index < -0.39 is 5.91 Å². The summed E-state index contributed by atoms with van der Waals surface area (Å²) in [6, 6.07) is 3.68. The fourth-order valence-corrected chi connectivity index (χ4v) is 3.68. The molecule has 1 aromatic carbocycles. The van der Waals surface area contributed by atoms with E-state index >= 15 is 0 Å². The van der Waals surface area contributed by atoms with E-state index in [0.717, 1.165) is 22.6 Å². The maximum absolute atomic E-state index is 11.6. The highest BCUT2D eigenvalue weighted by atomic mass is 32.1. The van der Waals surface area contributed by atoms with Gasteiger partial charge < -0.3 is 20.5 Å². The molecule has 2 aromatic rings. The second kappa shape index (κ2) is 4.09. The lowest BCUT2D eigenvalue weighted by Crippen LogP contribution is -2.18. The Hall–Kier alpha value is -2.32. The van der Waals surface area contributed by atoms with Crippen molar-refractivity contribution in [2.45, 2.75) is 0 Å². The standard InChI is InChI=1S/C13H9N3O3S2/c1-5-6-2-8-9(19-4-18-8)3-7(6)16-12(15-5)10(11(14)17)21-13(16)20/h2-3,15H,1,4H2,(H2,14,17). The maximum atomic E-state index is 11.6. The van der Waals surface area contributed by atoms with Crippen molar-refractivity contribution in [2.75, 3.05) is 12.1 Å². The van der Waals surface area contributed by atoms with Gasteiger partial charge in [-0.05, 0) is 18.3 Å². The highest BCUT2D eigenvalue weighted by Gasteiger charge is 2.28. The van der Waals surface area contributed by atoms with Crippen molar-refractivity contribution < 1.29 is 14.3 Å².